The van der Waals surface area contributed by atoms with E-state index in [0.29, 0.717) is 19.5 Å². The van der Waals surface area contributed by atoms with Gasteiger partial charge in [-0.2, -0.15) is 0 Å². The first-order valence-corrected chi connectivity index (χ1v) is 12.2. The summed E-state index contributed by atoms with van der Waals surface area (Å²) in [6.07, 6.45) is 2.77. The van der Waals surface area contributed by atoms with Crippen LogP contribution in [0.15, 0.2) is 66.9 Å². The Kier molecular flexibility index (Phi) is 8.51. The Morgan fingerprint density at radius 1 is 1.03 bits per heavy atom. The lowest BCUT2D eigenvalue weighted by atomic mass is 9.84. The number of hydrogen-bond donors (Lipinski definition) is 1. The van der Waals surface area contributed by atoms with Crippen LogP contribution in [0.2, 0.25) is 0 Å². The van der Waals surface area contributed by atoms with E-state index < -0.39 is 5.54 Å². The molecule has 2 N–H and O–H groups in total. The molecule has 1 amide bonds. The summed E-state index contributed by atoms with van der Waals surface area (Å²) in [5.41, 5.74) is 8.76. The monoisotopic (exact) mass is 476 g/mol. The topological polar surface area (TPSA) is 73.4 Å². The second-order valence-corrected chi connectivity index (χ2v) is 11.0. The Bertz CT molecular complexity index is 1080. The highest BCUT2D eigenvalue weighted by Crippen LogP contribution is 2.39. The summed E-state index contributed by atoms with van der Waals surface area (Å²) in [6.45, 7) is 11.6. The van der Waals surface area contributed by atoms with E-state index in [9.17, 15) is 4.79 Å². The molecule has 6 heteroatoms. The van der Waals surface area contributed by atoms with Gasteiger partial charge in [-0.1, -0.05) is 81.4 Å². The molecule has 0 saturated heterocycles. The number of carbonyl (C=O) groups excluding carboxylic acids is 1. The van der Waals surface area contributed by atoms with E-state index in [0.717, 1.165) is 17.1 Å². The van der Waals surface area contributed by atoms with Gasteiger partial charge in [0, 0.05) is 37.5 Å². The van der Waals surface area contributed by atoms with Gasteiger partial charge in [-0.15, -0.1) is 0 Å². The van der Waals surface area contributed by atoms with Crippen LogP contribution in [0, 0.1) is 5.41 Å². The largest absolute Gasteiger partial charge is 0.375 e. The van der Waals surface area contributed by atoms with Gasteiger partial charge >= 0.3 is 0 Å². The maximum atomic E-state index is 13.4. The standard InChI is InChI=1S/C29H40N4O2/c1-28(2,3)26(33(25(34)21-35-6)18-17-29(4,5)30)27-31-24(23-15-11-8-12-16-23)20-32(27)19-22-13-9-7-10-14-22/h7-16,20,26H,17-19,21,30H2,1-6H3/t26-/m0/s1. The number of hydrogen-bond acceptors (Lipinski definition) is 4. The summed E-state index contributed by atoms with van der Waals surface area (Å²) in [6, 6.07) is 20.2. The number of nitrogens with two attached hydrogens (primary N) is 1. The highest BCUT2D eigenvalue weighted by molar-refractivity contribution is 5.78. The summed E-state index contributed by atoms with van der Waals surface area (Å²) in [5.74, 6) is 0.798. The predicted molar refractivity (Wildman–Crippen MR) is 142 cm³/mol. The van der Waals surface area contributed by atoms with Gasteiger partial charge in [0.2, 0.25) is 5.91 Å². The molecule has 0 aliphatic heterocycles. The smallest absolute Gasteiger partial charge is 0.249 e. The van der Waals surface area contributed by atoms with Crippen LogP contribution in [0.25, 0.3) is 11.3 Å². The zero-order chi connectivity index (χ0) is 25.6. The molecule has 0 bridgehead atoms. The molecule has 0 radical (unpaired) electrons. The van der Waals surface area contributed by atoms with Crippen molar-refractivity contribution in [1.82, 2.24) is 14.5 Å². The third kappa shape index (κ3) is 7.26. The van der Waals surface area contributed by atoms with E-state index in [2.05, 4.69) is 55.8 Å². The zero-order valence-corrected chi connectivity index (χ0v) is 22.0. The second kappa shape index (κ2) is 11.2. The molecule has 188 valence electrons. The maximum absolute atomic E-state index is 13.4. The molecule has 6 nitrogen and oxygen atoms in total. The molecular formula is C29H40N4O2. The van der Waals surface area contributed by atoms with Gasteiger partial charge in [-0.25, -0.2) is 4.98 Å². The van der Waals surface area contributed by atoms with Crippen LogP contribution >= 0.6 is 0 Å². The minimum Gasteiger partial charge on any atom is -0.375 e. The first-order valence-electron chi connectivity index (χ1n) is 12.2. The molecule has 0 aliphatic carbocycles. The molecule has 3 aromatic rings. The molecule has 1 atom stereocenters. The number of carbonyl (C=O) groups is 1. The number of imidazole rings is 1. The van der Waals surface area contributed by atoms with Crippen LogP contribution in [-0.4, -0.2) is 46.2 Å². The number of amides is 1. The zero-order valence-electron chi connectivity index (χ0n) is 22.0. The molecule has 0 fully saturated rings. The Balaban J connectivity index is 2.15. The molecular weight excluding hydrogens is 436 g/mol. The molecule has 0 saturated carbocycles. The highest BCUT2D eigenvalue weighted by atomic mass is 16.5. The molecule has 35 heavy (non-hydrogen) atoms. The van der Waals surface area contributed by atoms with Gasteiger partial charge in [0.15, 0.2) is 0 Å². The second-order valence-electron chi connectivity index (χ2n) is 11.0. The van der Waals surface area contributed by atoms with E-state index in [1.807, 2.05) is 55.1 Å². The number of nitrogens with zero attached hydrogens (tertiary/aromatic N) is 3. The summed E-state index contributed by atoms with van der Waals surface area (Å²) in [5, 5.41) is 0. The van der Waals surface area contributed by atoms with Gasteiger partial charge in [-0.3, -0.25) is 4.79 Å². The van der Waals surface area contributed by atoms with Crippen molar-refractivity contribution >= 4 is 5.91 Å². The van der Waals surface area contributed by atoms with Crippen molar-refractivity contribution in [2.75, 3.05) is 20.3 Å². The van der Waals surface area contributed by atoms with E-state index in [4.69, 9.17) is 15.5 Å². The number of benzene rings is 2. The number of methoxy groups -OCH3 is 1. The van der Waals surface area contributed by atoms with Gasteiger partial charge < -0.3 is 19.9 Å². The SMILES string of the molecule is COCC(=O)N(CCC(C)(C)N)[C@@H](c1nc(-c2ccccc2)cn1Cc1ccccc1)C(C)(C)C. The maximum Gasteiger partial charge on any atom is 0.249 e. The summed E-state index contributed by atoms with van der Waals surface area (Å²) < 4.78 is 7.45. The summed E-state index contributed by atoms with van der Waals surface area (Å²) in [7, 11) is 1.55. The molecule has 1 heterocycles. The van der Waals surface area contributed by atoms with Crippen LogP contribution in [0.5, 0.6) is 0 Å². The summed E-state index contributed by atoms with van der Waals surface area (Å²) >= 11 is 0. The first kappa shape index (κ1) is 26.6. The van der Waals surface area contributed by atoms with Gasteiger partial charge in [-0.05, 0) is 31.2 Å². The lowest BCUT2D eigenvalue weighted by Gasteiger charge is -2.41. The number of aromatic nitrogens is 2. The predicted octanol–water partition coefficient (Wildman–Crippen LogP) is 5.29. The molecule has 2 aromatic carbocycles. The van der Waals surface area contributed by atoms with E-state index in [-0.39, 0.29) is 24.0 Å². The Morgan fingerprint density at radius 3 is 2.17 bits per heavy atom. The Morgan fingerprint density at radius 2 is 1.63 bits per heavy atom. The van der Waals surface area contributed by atoms with Crippen molar-refractivity contribution in [1.29, 1.82) is 0 Å². The lowest BCUT2D eigenvalue weighted by molar-refractivity contribution is -0.141. The van der Waals surface area contributed by atoms with Crippen LogP contribution in [-0.2, 0) is 16.1 Å². The van der Waals surface area contributed by atoms with Crippen molar-refractivity contribution < 1.29 is 9.53 Å². The molecule has 1 aromatic heterocycles. The van der Waals surface area contributed by atoms with E-state index >= 15 is 0 Å². The van der Waals surface area contributed by atoms with E-state index in [1.54, 1.807) is 7.11 Å². The van der Waals surface area contributed by atoms with Gasteiger partial charge in [0.1, 0.15) is 12.4 Å². The molecule has 0 spiro atoms. The van der Waals surface area contributed by atoms with Crippen molar-refractivity contribution in [3.05, 3.63) is 78.2 Å². The molecule has 0 unspecified atom stereocenters. The average Bonchev–Trinajstić information content (AvgIpc) is 3.19. The Labute approximate surface area is 210 Å². The van der Waals surface area contributed by atoms with Gasteiger partial charge in [0.25, 0.3) is 0 Å². The van der Waals surface area contributed by atoms with Crippen LogP contribution < -0.4 is 5.73 Å². The average molecular weight is 477 g/mol. The number of ether oxygens (including phenoxy) is 1. The minimum absolute atomic E-state index is 0.0164. The van der Waals surface area contributed by atoms with Crippen LogP contribution in [0.1, 0.15) is 58.5 Å². The van der Waals surface area contributed by atoms with Crippen LogP contribution in [0.3, 0.4) is 0 Å². The van der Waals surface area contributed by atoms with E-state index in [1.165, 1.54) is 5.56 Å². The summed E-state index contributed by atoms with van der Waals surface area (Å²) in [4.78, 5) is 20.5. The lowest BCUT2D eigenvalue weighted by Crippen LogP contribution is -2.47. The van der Waals surface area contributed by atoms with Gasteiger partial charge in [0.05, 0.1) is 11.7 Å². The quantitative estimate of drug-likeness (QED) is 0.432. The third-order valence-electron chi connectivity index (χ3n) is 6.03. The normalized spacial score (nSPS) is 13.0. The molecule has 0 aliphatic rings. The Hall–Kier alpha value is -2.96. The fourth-order valence-electron chi connectivity index (χ4n) is 4.31. The van der Waals surface area contributed by atoms with Crippen LogP contribution in [0.4, 0.5) is 0 Å². The number of rotatable bonds is 10. The fourth-order valence-corrected chi connectivity index (χ4v) is 4.31. The van der Waals surface area contributed by atoms with Crippen molar-refractivity contribution in [2.45, 2.75) is 59.2 Å². The first-order chi connectivity index (χ1) is 16.5. The minimum atomic E-state index is -0.400. The molecule has 3 rings (SSSR count). The highest BCUT2D eigenvalue weighted by Gasteiger charge is 2.38. The fraction of sp³-hybridized carbons (Fsp3) is 0.448. The van der Waals surface area contributed by atoms with Crippen molar-refractivity contribution in [3.8, 4) is 11.3 Å². The third-order valence-corrected chi connectivity index (χ3v) is 6.03. The van der Waals surface area contributed by atoms with Crippen molar-refractivity contribution in [2.24, 2.45) is 11.1 Å². The van der Waals surface area contributed by atoms with Crippen molar-refractivity contribution in [3.63, 3.8) is 0 Å².